The molecule has 104 valence electrons. The second-order valence-electron chi connectivity index (χ2n) is 5.74. The number of hydrogen-bond acceptors (Lipinski definition) is 4. The van der Waals surface area contributed by atoms with Gasteiger partial charge in [0.15, 0.2) is 0 Å². The smallest absolute Gasteiger partial charge is 0.105 e. The van der Waals surface area contributed by atoms with E-state index in [4.69, 9.17) is 4.74 Å². The van der Waals surface area contributed by atoms with Crippen molar-refractivity contribution in [2.45, 2.75) is 57.2 Å². The number of ether oxygens (including phenoxy) is 1. The Labute approximate surface area is 111 Å². The first-order chi connectivity index (χ1) is 8.50. The molecule has 0 heterocycles. The van der Waals surface area contributed by atoms with Gasteiger partial charge in [0, 0.05) is 32.3 Å². The van der Waals surface area contributed by atoms with Gasteiger partial charge in [-0.15, -0.1) is 0 Å². The van der Waals surface area contributed by atoms with Crippen molar-refractivity contribution in [1.82, 2.24) is 10.2 Å². The molecule has 1 rings (SSSR count). The number of nitriles is 1. The Balaban J connectivity index is 2.35. The number of rotatable bonds is 9. The minimum Gasteiger partial charge on any atom is -0.385 e. The first kappa shape index (κ1) is 15.4. The minimum absolute atomic E-state index is 0.393. The van der Waals surface area contributed by atoms with Gasteiger partial charge in [0.05, 0.1) is 6.07 Å². The lowest BCUT2D eigenvalue weighted by Crippen LogP contribution is -2.47. The van der Waals surface area contributed by atoms with Gasteiger partial charge in [0.1, 0.15) is 5.54 Å². The number of nitrogens with zero attached hydrogens (tertiary/aromatic N) is 2. The van der Waals surface area contributed by atoms with E-state index < -0.39 is 5.54 Å². The molecule has 4 nitrogen and oxygen atoms in total. The van der Waals surface area contributed by atoms with Crippen molar-refractivity contribution in [3.8, 4) is 6.07 Å². The van der Waals surface area contributed by atoms with Crippen LogP contribution in [0.3, 0.4) is 0 Å². The maximum absolute atomic E-state index is 9.36. The summed E-state index contributed by atoms with van der Waals surface area (Å²) in [6.07, 6.45) is 4.34. The molecule has 0 spiro atoms. The molecule has 0 saturated heterocycles. The molecule has 0 aromatic carbocycles. The molecule has 2 atom stereocenters. The van der Waals surface area contributed by atoms with Crippen molar-refractivity contribution in [2.24, 2.45) is 0 Å². The van der Waals surface area contributed by atoms with Gasteiger partial charge in [0.25, 0.3) is 0 Å². The Bertz CT molecular complexity index is 285. The number of methoxy groups -OCH3 is 1. The molecule has 0 bridgehead atoms. The van der Waals surface area contributed by atoms with Crippen LogP contribution in [0.15, 0.2) is 0 Å². The van der Waals surface area contributed by atoms with E-state index in [0.29, 0.717) is 12.1 Å². The predicted molar refractivity (Wildman–Crippen MR) is 73.4 cm³/mol. The van der Waals surface area contributed by atoms with E-state index in [1.807, 2.05) is 6.92 Å². The highest BCUT2D eigenvalue weighted by molar-refractivity contribution is 5.08. The SMILES string of the molecule is COCCCN(C)C(C)CC(C)(C#N)NC1CC1. The molecule has 2 unspecified atom stereocenters. The summed E-state index contributed by atoms with van der Waals surface area (Å²) in [7, 11) is 3.85. The number of hydrogen-bond donors (Lipinski definition) is 1. The molecule has 4 heteroatoms. The predicted octanol–water partition coefficient (Wildman–Crippen LogP) is 1.77. The maximum atomic E-state index is 9.36. The van der Waals surface area contributed by atoms with Crippen LogP contribution in [0.2, 0.25) is 0 Å². The lowest BCUT2D eigenvalue weighted by atomic mass is 9.94. The monoisotopic (exact) mass is 253 g/mol. The summed E-state index contributed by atoms with van der Waals surface area (Å²) in [5.74, 6) is 0. The molecule has 1 N–H and O–H groups in total. The topological polar surface area (TPSA) is 48.3 Å². The second-order valence-corrected chi connectivity index (χ2v) is 5.74. The minimum atomic E-state index is -0.393. The highest BCUT2D eigenvalue weighted by Crippen LogP contribution is 2.25. The standard InChI is InChI=1S/C14H27N3O/c1-12(17(3)8-5-9-18-4)10-14(2,11-15)16-13-6-7-13/h12-13,16H,5-10H2,1-4H3. The summed E-state index contributed by atoms with van der Waals surface area (Å²) < 4.78 is 5.06. The largest absolute Gasteiger partial charge is 0.385 e. The average molecular weight is 253 g/mol. The number of nitrogens with one attached hydrogen (secondary N) is 1. The average Bonchev–Trinajstić information content (AvgIpc) is 3.12. The Morgan fingerprint density at radius 1 is 1.56 bits per heavy atom. The Morgan fingerprint density at radius 3 is 2.72 bits per heavy atom. The summed E-state index contributed by atoms with van der Waals surface area (Å²) in [5, 5.41) is 12.8. The molecule has 0 aromatic rings. The highest BCUT2D eigenvalue weighted by Gasteiger charge is 2.34. The highest BCUT2D eigenvalue weighted by atomic mass is 16.5. The fourth-order valence-corrected chi connectivity index (χ4v) is 2.24. The van der Waals surface area contributed by atoms with Gasteiger partial charge >= 0.3 is 0 Å². The Hall–Kier alpha value is -0.630. The van der Waals surface area contributed by atoms with E-state index in [1.54, 1.807) is 7.11 Å². The van der Waals surface area contributed by atoms with Crippen LogP contribution < -0.4 is 5.32 Å². The third-order valence-electron chi connectivity index (χ3n) is 3.66. The zero-order valence-electron chi connectivity index (χ0n) is 12.2. The summed E-state index contributed by atoms with van der Waals surface area (Å²) in [4.78, 5) is 2.31. The van der Waals surface area contributed by atoms with Crippen molar-refractivity contribution < 1.29 is 4.74 Å². The molecule has 0 aromatic heterocycles. The lowest BCUT2D eigenvalue weighted by Gasteiger charge is -2.32. The van der Waals surface area contributed by atoms with Crippen molar-refractivity contribution in [3.05, 3.63) is 0 Å². The summed E-state index contributed by atoms with van der Waals surface area (Å²) in [5.41, 5.74) is -0.393. The first-order valence-corrected chi connectivity index (χ1v) is 6.89. The quantitative estimate of drug-likeness (QED) is 0.636. The van der Waals surface area contributed by atoms with Gasteiger partial charge in [0.2, 0.25) is 0 Å². The molecule has 1 aliphatic rings. The maximum Gasteiger partial charge on any atom is 0.105 e. The van der Waals surface area contributed by atoms with E-state index in [2.05, 4.69) is 30.3 Å². The third-order valence-corrected chi connectivity index (χ3v) is 3.66. The molecule has 1 fully saturated rings. The summed E-state index contributed by atoms with van der Waals surface area (Å²) >= 11 is 0. The van der Waals surface area contributed by atoms with Gasteiger partial charge in [-0.2, -0.15) is 5.26 Å². The second kappa shape index (κ2) is 7.08. The molecular formula is C14H27N3O. The molecule has 0 amide bonds. The zero-order chi connectivity index (χ0) is 13.6. The summed E-state index contributed by atoms with van der Waals surface area (Å²) in [6.45, 7) is 6.02. The van der Waals surface area contributed by atoms with Gasteiger partial charge in [-0.05, 0) is 46.6 Å². The van der Waals surface area contributed by atoms with Gasteiger partial charge in [-0.1, -0.05) is 0 Å². The van der Waals surface area contributed by atoms with Crippen LogP contribution >= 0.6 is 0 Å². The van der Waals surface area contributed by atoms with E-state index in [1.165, 1.54) is 12.8 Å². The normalized spacial score (nSPS) is 20.4. The van der Waals surface area contributed by atoms with Crippen molar-refractivity contribution >= 4 is 0 Å². The first-order valence-electron chi connectivity index (χ1n) is 6.89. The van der Waals surface area contributed by atoms with Crippen molar-refractivity contribution in [2.75, 3.05) is 27.3 Å². The molecule has 18 heavy (non-hydrogen) atoms. The fraction of sp³-hybridized carbons (Fsp3) is 0.929. The van der Waals surface area contributed by atoms with E-state index >= 15 is 0 Å². The van der Waals surface area contributed by atoms with Crippen LogP contribution in [0.5, 0.6) is 0 Å². The van der Waals surface area contributed by atoms with Crippen molar-refractivity contribution in [1.29, 1.82) is 5.26 Å². The zero-order valence-corrected chi connectivity index (χ0v) is 12.2. The Kier molecular flexibility index (Phi) is 6.07. The molecule has 1 aliphatic carbocycles. The molecule has 1 saturated carbocycles. The van der Waals surface area contributed by atoms with E-state index in [0.717, 1.165) is 26.0 Å². The van der Waals surface area contributed by atoms with Crippen LogP contribution in [0.25, 0.3) is 0 Å². The third kappa shape index (κ3) is 5.34. The summed E-state index contributed by atoms with van der Waals surface area (Å²) in [6, 6.07) is 3.41. The van der Waals surface area contributed by atoms with Gasteiger partial charge in [-0.25, -0.2) is 0 Å². The van der Waals surface area contributed by atoms with Crippen molar-refractivity contribution in [3.63, 3.8) is 0 Å². The van der Waals surface area contributed by atoms with Crippen LogP contribution in [0.1, 0.15) is 39.5 Å². The lowest BCUT2D eigenvalue weighted by molar-refractivity contribution is 0.159. The molecule has 0 radical (unpaired) electrons. The molecule has 0 aliphatic heterocycles. The Morgan fingerprint density at radius 2 is 2.22 bits per heavy atom. The fourth-order valence-electron chi connectivity index (χ4n) is 2.24. The van der Waals surface area contributed by atoms with Crippen LogP contribution in [0.4, 0.5) is 0 Å². The molecular weight excluding hydrogens is 226 g/mol. The van der Waals surface area contributed by atoms with Gasteiger partial charge in [-0.3, -0.25) is 5.32 Å². The van der Waals surface area contributed by atoms with E-state index in [9.17, 15) is 5.26 Å². The van der Waals surface area contributed by atoms with Crippen LogP contribution in [-0.4, -0.2) is 49.8 Å². The van der Waals surface area contributed by atoms with E-state index in [-0.39, 0.29) is 0 Å². The van der Waals surface area contributed by atoms with Crippen LogP contribution in [0, 0.1) is 11.3 Å². The van der Waals surface area contributed by atoms with Gasteiger partial charge < -0.3 is 9.64 Å². The van der Waals surface area contributed by atoms with Crippen LogP contribution in [-0.2, 0) is 4.74 Å².